The number of hydrogen-bond acceptors (Lipinski definition) is 7. The number of aromatic nitrogens is 2. The number of methoxy groups -OCH3 is 1. The second-order valence-corrected chi connectivity index (χ2v) is 9.97. The molecule has 8 heteroatoms. The number of thiophene rings is 1. The van der Waals surface area contributed by atoms with Crippen LogP contribution in [0.4, 0.5) is 0 Å². The summed E-state index contributed by atoms with van der Waals surface area (Å²) in [5.41, 5.74) is 1.94. The Morgan fingerprint density at radius 2 is 2.09 bits per heavy atom. The van der Waals surface area contributed by atoms with Crippen LogP contribution >= 0.6 is 23.1 Å². The van der Waals surface area contributed by atoms with E-state index >= 15 is 0 Å². The topological polar surface area (TPSA) is 74.3 Å². The van der Waals surface area contributed by atoms with Crippen molar-refractivity contribution in [1.82, 2.24) is 9.55 Å². The van der Waals surface area contributed by atoms with E-state index in [0.717, 1.165) is 35.2 Å². The molecule has 0 bridgehead atoms. The van der Waals surface area contributed by atoms with Gasteiger partial charge in [0, 0.05) is 4.88 Å². The fraction of sp³-hybridized carbons (Fsp3) is 0.292. The van der Waals surface area contributed by atoms with Gasteiger partial charge in [-0.05, 0) is 55.0 Å². The molecule has 5 rings (SSSR count). The molecular formula is C24H22N2O4S2. The number of carbonyl (C=O) groups excluding carboxylic acids is 1. The molecule has 1 atom stereocenters. The second-order valence-electron chi connectivity index (χ2n) is 7.95. The van der Waals surface area contributed by atoms with E-state index in [1.807, 2.05) is 30.3 Å². The van der Waals surface area contributed by atoms with Gasteiger partial charge < -0.3 is 9.15 Å². The normalized spacial score (nSPS) is 15.6. The number of thioether (sulfide) groups is 1. The molecule has 0 saturated carbocycles. The highest BCUT2D eigenvalue weighted by atomic mass is 32.2. The van der Waals surface area contributed by atoms with E-state index < -0.39 is 5.97 Å². The number of carbonyl (C=O) groups is 1. The van der Waals surface area contributed by atoms with E-state index in [1.165, 1.54) is 29.3 Å². The highest BCUT2D eigenvalue weighted by molar-refractivity contribution is 7.98. The lowest BCUT2D eigenvalue weighted by Crippen LogP contribution is -2.22. The molecule has 3 aromatic heterocycles. The van der Waals surface area contributed by atoms with Crippen LogP contribution < -0.4 is 5.56 Å². The van der Waals surface area contributed by atoms with Gasteiger partial charge in [-0.2, -0.15) is 0 Å². The zero-order chi connectivity index (χ0) is 22.2. The van der Waals surface area contributed by atoms with Crippen LogP contribution in [0.3, 0.4) is 0 Å². The summed E-state index contributed by atoms with van der Waals surface area (Å²) >= 11 is 3.06. The average Bonchev–Trinajstić information content (AvgIpc) is 3.42. The Morgan fingerprint density at radius 1 is 1.28 bits per heavy atom. The van der Waals surface area contributed by atoms with Gasteiger partial charge in [-0.15, -0.1) is 11.3 Å². The Kier molecular flexibility index (Phi) is 5.65. The third-order valence-electron chi connectivity index (χ3n) is 5.70. The molecular weight excluding hydrogens is 444 g/mol. The quantitative estimate of drug-likeness (QED) is 0.227. The lowest BCUT2D eigenvalue weighted by molar-refractivity contribution is 0.0563. The summed E-state index contributed by atoms with van der Waals surface area (Å²) in [5.74, 6) is 1.32. The lowest BCUT2D eigenvalue weighted by Gasteiger charge is -2.17. The fourth-order valence-corrected chi connectivity index (χ4v) is 6.41. The van der Waals surface area contributed by atoms with Gasteiger partial charge in [0.2, 0.25) is 5.76 Å². The zero-order valence-corrected chi connectivity index (χ0v) is 19.4. The molecule has 1 aromatic carbocycles. The molecule has 0 radical (unpaired) electrons. The molecule has 6 nitrogen and oxygen atoms in total. The number of fused-ring (bicyclic) bond motifs is 3. The smallest absolute Gasteiger partial charge is 0.373 e. The van der Waals surface area contributed by atoms with E-state index in [4.69, 9.17) is 14.1 Å². The first-order valence-corrected chi connectivity index (χ1v) is 12.3. The molecule has 0 fully saturated rings. The van der Waals surface area contributed by atoms with E-state index in [0.29, 0.717) is 22.6 Å². The van der Waals surface area contributed by atoms with Crippen molar-refractivity contribution in [3.63, 3.8) is 0 Å². The van der Waals surface area contributed by atoms with Gasteiger partial charge in [-0.3, -0.25) is 9.36 Å². The SMILES string of the molecule is COC(=O)c1ccc(CSc2nc3sc4c(c3c(=O)n2-c2ccccc2)CCC(C)C4)o1. The highest BCUT2D eigenvalue weighted by Crippen LogP contribution is 2.37. The first-order chi connectivity index (χ1) is 15.5. The van der Waals surface area contributed by atoms with Gasteiger partial charge in [0.15, 0.2) is 5.16 Å². The Bertz CT molecular complexity index is 1350. The van der Waals surface area contributed by atoms with Crippen molar-refractivity contribution < 1.29 is 13.9 Å². The number of furan rings is 1. The van der Waals surface area contributed by atoms with E-state index in [2.05, 4.69) is 6.92 Å². The third kappa shape index (κ3) is 3.78. The van der Waals surface area contributed by atoms with Crippen molar-refractivity contribution in [3.8, 4) is 5.69 Å². The molecule has 32 heavy (non-hydrogen) atoms. The number of para-hydroxylation sites is 1. The molecule has 0 aliphatic heterocycles. The number of rotatable bonds is 5. The predicted octanol–water partition coefficient (Wildman–Crippen LogP) is 5.24. The molecule has 4 aromatic rings. The molecule has 1 aliphatic rings. The van der Waals surface area contributed by atoms with Crippen LogP contribution in [0.15, 0.2) is 56.8 Å². The van der Waals surface area contributed by atoms with Gasteiger partial charge in [0.1, 0.15) is 10.6 Å². The Balaban J connectivity index is 1.58. The van der Waals surface area contributed by atoms with Crippen molar-refractivity contribution in [1.29, 1.82) is 0 Å². The summed E-state index contributed by atoms with van der Waals surface area (Å²) < 4.78 is 12.0. The van der Waals surface area contributed by atoms with Crippen molar-refractivity contribution in [2.45, 2.75) is 37.1 Å². The van der Waals surface area contributed by atoms with Crippen molar-refractivity contribution >= 4 is 39.3 Å². The van der Waals surface area contributed by atoms with Gasteiger partial charge in [-0.1, -0.05) is 36.9 Å². The molecule has 0 saturated heterocycles. The number of hydrogen-bond donors (Lipinski definition) is 0. The van der Waals surface area contributed by atoms with Gasteiger partial charge in [-0.25, -0.2) is 9.78 Å². The maximum atomic E-state index is 13.7. The first kappa shape index (κ1) is 21.0. The van der Waals surface area contributed by atoms with Crippen molar-refractivity contribution in [3.05, 3.63) is 74.8 Å². The average molecular weight is 467 g/mol. The third-order valence-corrected chi connectivity index (χ3v) is 7.81. The van der Waals surface area contributed by atoms with Gasteiger partial charge in [0.25, 0.3) is 5.56 Å². The van der Waals surface area contributed by atoms with Crippen molar-refractivity contribution in [2.75, 3.05) is 7.11 Å². The summed E-state index contributed by atoms with van der Waals surface area (Å²) in [4.78, 5) is 32.4. The molecule has 1 aliphatic carbocycles. The minimum Gasteiger partial charge on any atom is -0.463 e. The highest BCUT2D eigenvalue weighted by Gasteiger charge is 2.25. The van der Waals surface area contributed by atoms with Crippen LogP contribution in [0.1, 0.15) is 40.1 Å². The first-order valence-electron chi connectivity index (χ1n) is 10.5. The van der Waals surface area contributed by atoms with E-state index in [1.54, 1.807) is 28.0 Å². The lowest BCUT2D eigenvalue weighted by atomic mass is 9.89. The zero-order valence-electron chi connectivity index (χ0n) is 17.8. The summed E-state index contributed by atoms with van der Waals surface area (Å²) in [7, 11) is 1.32. The fourth-order valence-electron chi connectivity index (χ4n) is 4.07. The largest absolute Gasteiger partial charge is 0.463 e. The molecule has 164 valence electrons. The van der Waals surface area contributed by atoms with Crippen LogP contribution in [0, 0.1) is 5.92 Å². The number of benzene rings is 1. The van der Waals surface area contributed by atoms with Gasteiger partial charge >= 0.3 is 5.97 Å². The summed E-state index contributed by atoms with van der Waals surface area (Å²) in [6, 6.07) is 12.9. The molecule has 0 N–H and O–H groups in total. The van der Waals surface area contributed by atoms with Crippen LogP contribution in [-0.2, 0) is 23.3 Å². The Labute approximate surface area is 193 Å². The van der Waals surface area contributed by atoms with Crippen LogP contribution in [0.2, 0.25) is 0 Å². The predicted molar refractivity (Wildman–Crippen MR) is 126 cm³/mol. The van der Waals surface area contributed by atoms with Crippen molar-refractivity contribution in [2.24, 2.45) is 5.92 Å². The van der Waals surface area contributed by atoms with E-state index in [-0.39, 0.29) is 11.3 Å². The molecule has 1 unspecified atom stereocenters. The summed E-state index contributed by atoms with van der Waals surface area (Å²) in [6.45, 7) is 2.26. The molecule has 0 spiro atoms. The maximum Gasteiger partial charge on any atom is 0.373 e. The maximum absolute atomic E-state index is 13.7. The Morgan fingerprint density at radius 3 is 2.88 bits per heavy atom. The minimum atomic E-state index is -0.514. The van der Waals surface area contributed by atoms with Crippen LogP contribution in [-0.4, -0.2) is 22.6 Å². The van der Waals surface area contributed by atoms with Gasteiger partial charge in [0.05, 0.1) is 23.9 Å². The summed E-state index contributed by atoms with van der Waals surface area (Å²) in [5, 5.41) is 1.37. The minimum absolute atomic E-state index is 0.0227. The van der Waals surface area contributed by atoms with Crippen LogP contribution in [0.5, 0.6) is 0 Å². The number of aryl methyl sites for hydroxylation is 1. The number of ether oxygens (including phenoxy) is 1. The number of nitrogens with zero attached hydrogens (tertiary/aromatic N) is 2. The molecule has 0 amide bonds. The molecule has 3 heterocycles. The number of esters is 1. The van der Waals surface area contributed by atoms with Crippen LogP contribution in [0.25, 0.3) is 15.9 Å². The summed E-state index contributed by atoms with van der Waals surface area (Å²) in [6.07, 6.45) is 3.03. The second kappa shape index (κ2) is 8.60. The standard InChI is InChI=1S/C24H22N2O4S2/c1-14-8-10-17-19(12-14)32-21-20(17)22(27)26(15-6-4-3-5-7-15)24(25-21)31-13-16-9-11-18(30-16)23(28)29-2/h3-7,9,11,14H,8,10,12-13H2,1-2H3. The monoisotopic (exact) mass is 466 g/mol. The van der Waals surface area contributed by atoms with E-state index in [9.17, 15) is 9.59 Å². The Hall–Kier alpha value is -2.84.